The van der Waals surface area contributed by atoms with Crippen molar-refractivity contribution in [3.05, 3.63) is 71.3 Å². The Morgan fingerprint density at radius 3 is 2.69 bits per heavy atom. The third kappa shape index (κ3) is 7.33. The van der Waals surface area contributed by atoms with E-state index in [4.69, 9.17) is 10.3 Å². The van der Waals surface area contributed by atoms with Crippen LogP contribution in [0.2, 0.25) is 0 Å². The third-order valence-corrected chi connectivity index (χ3v) is 5.05. The van der Waals surface area contributed by atoms with E-state index in [9.17, 15) is 0 Å². The van der Waals surface area contributed by atoms with Crippen LogP contribution in [0.4, 0.5) is 0 Å². The van der Waals surface area contributed by atoms with Crippen molar-refractivity contribution >= 4 is 29.9 Å². The van der Waals surface area contributed by atoms with Crippen molar-refractivity contribution in [1.29, 1.82) is 5.26 Å². The minimum atomic E-state index is 0. The zero-order valence-corrected chi connectivity index (χ0v) is 19.3. The molecule has 0 radical (unpaired) electrons. The van der Waals surface area contributed by atoms with Crippen LogP contribution < -0.4 is 10.6 Å². The molecule has 6 heteroatoms. The fourth-order valence-corrected chi connectivity index (χ4v) is 3.62. The van der Waals surface area contributed by atoms with Crippen LogP contribution in [0.15, 0.2) is 59.6 Å². The van der Waals surface area contributed by atoms with Crippen LogP contribution in [-0.2, 0) is 13.1 Å². The molecule has 2 aromatic rings. The van der Waals surface area contributed by atoms with Gasteiger partial charge in [0.05, 0.1) is 18.2 Å². The van der Waals surface area contributed by atoms with Crippen molar-refractivity contribution in [2.24, 2.45) is 4.99 Å². The van der Waals surface area contributed by atoms with Gasteiger partial charge in [0.2, 0.25) is 0 Å². The van der Waals surface area contributed by atoms with Crippen molar-refractivity contribution in [1.82, 2.24) is 15.5 Å². The second-order valence-electron chi connectivity index (χ2n) is 7.14. The Balaban J connectivity index is 0.00000300. The lowest BCUT2D eigenvalue weighted by molar-refractivity contribution is 0.245. The molecule has 0 bridgehead atoms. The molecule has 1 aliphatic rings. The Morgan fingerprint density at radius 1 is 1.14 bits per heavy atom. The van der Waals surface area contributed by atoms with Gasteiger partial charge in [0.25, 0.3) is 0 Å². The first-order valence-electron chi connectivity index (χ1n) is 10.1. The highest BCUT2D eigenvalue weighted by molar-refractivity contribution is 14.0. The number of hydrogen-bond donors (Lipinski definition) is 2. The fourth-order valence-electron chi connectivity index (χ4n) is 3.62. The number of nitrogens with one attached hydrogen (secondary N) is 2. The Labute approximate surface area is 191 Å². The number of hydrogen-bond acceptors (Lipinski definition) is 3. The van der Waals surface area contributed by atoms with Gasteiger partial charge in [0, 0.05) is 25.7 Å². The van der Waals surface area contributed by atoms with Crippen molar-refractivity contribution in [3.63, 3.8) is 0 Å². The minimum Gasteiger partial charge on any atom is -0.357 e. The molecule has 2 N–H and O–H groups in total. The molecule has 29 heavy (non-hydrogen) atoms. The van der Waals surface area contributed by atoms with Gasteiger partial charge >= 0.3 is 0 Å². The molecule has 1 heterocycles. The minimum absolute atomic E-state index is 0. The van der Waals surface area contributed by atoms with E-state index < -0.39 is 0 Å². The normalized spacial score (nSPS) is 16.7. The maximum Gasteiger partial charge on any atom is 0.191 e. The predicted molar refractivity (Wildman–Crippen MR) is 129 cm³/mol. The number of halogens is 1. The highest BCUT2D eigenvalue weighted by Gasteiger charge is 2.24. The topological polar surface area (TPSA) is 63.5 Å². The van der Waals surface area contributed by atoms with Gasteiger partial charge in [-0.25, -0.2) is 4.99 Å². The van der Waals surface area contributed by atoms with E-state index in [1.54, 1.807) is 0 Å². The molecular weight excluding hydrogens is 473 g/mol. The number of guanidine groups is 1. The number of nitrogens with zero attached hydrogens (tertiary/aromatic N) is 3. The largest absolute Gasteiger partial charge is 0.357 e. The molecule has 1 unspecified atom stereocenters. The summed E-state index contributed by atoms with van der Waals surface area (Å²) in [7, 11) is 0. The maximum atomic E-state index is 9.04. The molecule has 2 aromatic carbocycles. The van der Waals surface area contributed by atoms with Crippen LogP contribution in [0.3, 0.4) is 0 Å². The van der Waals surface area contributed by atoms with Gasteiger partial charge < -0.3 is 10.6 Å². The number of rotatable bonds is 7. The zero-order chi connectivity index (χ0) is 19.6. The Bertz CT molecular complexity index is 816. The number of likely N-dealkylation sites (tertiary alicyclic amines) is 1. The molecule has 0 aromatic heterocycles. The standard InChI is InChI=1S/C23H29N5.HI/c1-2-25-23(26-16-21-11-6-10-20(14-21)15-24)27-17-22-12-7-13-28(22)18-19-8-4-3-5-9-19;/h3-6,8-11,14,22H,2,7,12-13,16-18H2,1H3,(H2,25,26,27);1H. The first-order valence-corrected chi connectivity index (χ1v) is 10.1. The molecular formula is C23H30IN5. The summed E-state index contributed by atoms with van der Waals surface area (Å²) in [5, 5.41) is 15.9. The lowest BCUT2D eigenvalue weighted by Crippen LogP contribution is -2.44. The summed E-state index contributed by atoms with van der Waals surface area (Å²) < 4.78 is 0. The smallest absolute Gasteiger partial charge is 0.191 e. The van der Waals surface area contributed by atoms with Gasteiger partial charge in [-0.15, -0.1) is 24.0 Å². The number of aliphatic imine (C=N–C) groups is 1. The second-order valence-corrected chi connectivity index (χ2v) is 7.14. The second kappa shape index (κ2) is 12.5. The lowest BCUT2D eigenvalue weighted by atomic mass is 10.1. The van der Waals surface area contributed by atoms with Crippen LogP contribution in [-0.4, -0.2) is 36.5 Å². The van der Waals surface area contributed by atoms with Crippen LogP contribution in [0, 0.1) is 11.3 Å². The molecule has 1 atom stereocenters. The third-order valence-electron chi connectivity index (χ3n) is 5.05. The van der Waals surface area contributed by atoms with E-state index >= 15 is 0 Å². The lowest BCUT2D eigenvalue weighted by Gasteiger charge is -2.25. The molecule has 0 aliphatic carbocycles. The summed E-state index contributed by atoms with van der Waals surface area (Å²) in [6.07, 6.45) is 2.46. The summed E-state index contributed by atoms with van der Waals surface area (Å²) >= 11 is 0. The van der Waals surface area contributed by atoms with Crippen LogP contribution in [0.1, 0.15) is 36.5 Å². The van der Waals surface area contributed by atoms with Crippen molar-refractivity contribution < 1.29 is 0 Å². The van der Waals surface area contributed by atoms with E-state index in [2.05, 4.69) is 58.9 Å². The van der Waals surface area contributed by atoms with Crippen LogP contribution in [0.25, 0.3) is 0 Å². The molecule has 0 spiro atoms. The summed E-state index contributed by atoms with van der Waals surface area (Å²) in [4.78, 5) is 7.25. The van der Waals surface area contributed by atoms with Gasteiger partial charge in [-0.3, -0.25) is 4.90 Å². The van der Waals surface area contributed by atoms with Gasteiger partial charge in [0.15, 0.2) is 5.96 Å². The van der Waals surface area contributed by atoms with E-state index in [0.29, 0.717) is 18.2 Å². The SMILES string of the molecule is CCNC(=NCc1cccc(C#N)c1)NCC1CCCN1Cc1ccccc1.I. The molecule has 3 rings (SSSR count). The van der Waals surface area contributed by atoms with Crippen molar-refractivity contribution in [2.75, 3.05) is 19.6 Å². The van der Waals surface area contributed by atoms with Gasteiger partial charge in [-0.05, 0) is 49.6 Å². The average molecular weight is 503 g/mol. The zero-order valence-electron chi connectivity index (χ0n) is 17.0. The van der Waals surface area contributed by atoms with Gasteiger partial charge in [-0.1, -0.05) is 42.5 Å². The van der Waals surface area contributed by atoms with E-state index in [1.165, 1.54) is 18.4 Å². The average Bonchev–Trinajstić information content (AvgIpc) is 3.18. The molecule has 154 valence electrons. The quantitative estimate of drug-likeness (QED) is 0.342. The van der Waals surface area contributed by atoms with Crippen LogP contribution >= 0.6 is 24.0 Å². The molecule has 1 fully saturated rings. The van der Waals surface area contributed by atoms with Crippen molar-refractivity contribution in [3.8, 4) is 6.07 Å². The van der Waals surface area contributed by atoms with Crippen LogP contribution in [0.5, 0.6) is 0 Å². The summed E-state index contributed by atoms with van der Waals surface area (Å²) in [5.41, 5.74) is 3.09. The Kier molecular flexibility index (Phi) is 9.95. The molecule has 5 nitrogen and oxygen atoms in total. The Hall–Kier alpha value is -2.11. The predicted octanol–water partition coefficient (Wildman–Crippen LogP) is 3.90. The first-order chi connectivity index (χ1) is 13.8. The highest BCUT2D eigenvalue weighted by atomic mass is 127. The summed E-state index contributed by atoms with van der Waals surface area (Å²) in [6.45, 7) is 6.49. The van der Waals surface area contributed by atoms with E-state index in [1.807, 2.05) is 24.3 Å². The van der Waals surface area contributed by atoms with Gasteiger partial charge in [-0.2, -0.15) is 5.26 Å². The summed E-state index contributed by atoms with van der Waals surface area (Å²) in [5.74, 6) is 0.830. The maximum absolute atomic E-state index is 9.04. The molecule has 1 saturated heterocycles. The monoisotopic (exact) mass is 503 g/mol. The molecule has 0 saturated carbocycles. The van der Waals surface area contributed by atoms with Gasteiger partial charge in [0.1, 0.15) is 0 Å². The fraction of sp³-hybridized carbons (Fsp3) is 0.391. The Morgan fingerprint density at radius 2 is 1.93 bits per heavy atom. The van der Waals surface area contributed by atoms with E-state index in [-0.39, 0.29) is 24.0 Å². The van der Waals surface area contributed by atoms with Crippen molar-refractivity contribution in [2.45, 2.75) is 38.9 Å². The summed E-state index contributed by atoms with van der Waals surface area (Å²) in [6, 6.07) is 21.0. The van der Waals surface area contributed by atoms with E-state index in [0.717, 1.165) is 37.7 Å². The highest BCUT2D eigenvalue weighted by Crippen LogP contribution is 2.19. The first kappa shape index (κ1) is 23.2. The molecule has 0 amide bonds. The number of benzene rings is 2. The molecule has 1 aliphatic heterocycles. The number of nitriles is 1.